The van der Waals surface area contributed by atoms with Crippen molar-refractivity contribution in [3.05, 3.63) is 20.8 Å². The van der Waals surface area contributed by atoms with E-state index in [1.54, 1.807) is 11.3 Å². The molecule has 1 N–H and O–H groups in total. The summed E-state index contributed by atoms with van der Waals surface area (Å²) in [4.78, 5) is 1.30. The minimum atomic E-state index is 0.389. The Hall–Kier alpha value is 0.1000. The van der Waals surface area contributed by atoms with Crippen LogP contribution in [-0.4, -0.2) is 19.2 Å². The van der Waals surface area contributed by atoms with Gasteiger partial charge in [-0.15, -0.1) is 11.3 Å². The van der Waals surface area contributed by atoms with E-state index >= 15 is 0 Å². The highest BCUT2D eigenvalue weighted by molar-refractivity contribution is 9.11. The van der Waals surface area contributed by atoms with Crippen LogP contribution in [0.4, 0.5) is 0 Å². The van der Waals surface area contributed by atoms with Gasteiger partial charge in [-0.1, -0.05) is 12.8 Å². The molecule has 1 aliphatic rings. The van der Waals surface area contributed by atoms with Crippen molar-refractivity contribution in [2.75, 3.05) is 7.05 Å². The third-order valence-electron chi connectivity index (χ3n) is 3.14. The van der Waals surface area contributed by atoms with Gasteiger partial charge in [0, 0.05) is 10.9 Å². The lowest BCUT2D eigenvalue weighted by Crippen LogP contribution is -2.41. The van der Waals surface area contributed by atoms with Crippen molar-refractivity contribution in [2.45, 2.75) is 44.4 Å². The van der Waals surface area contributed by atoms with E-state index in [1.807, 2.05) is 7.05 Å². The Kier molecular flexibility index (Phi) is 4.82. The van der Waals surface area contributed by atoms with E-state index in [0.717, 1.165) is 6.61 Å². The summed E-state index contributed by atoms with van der Waals surface area (Å²) in [5.74, 6) is 0. The highest BCUT2D eigenvalue weighted by atomic mass is 79.9. The molecule has 1 heterocycles. The van der Waals surface area contributed by atoms with E-state index in [-0.39, 0.29) is 0 Å². The second-order valence-electron chi connectivity index (χ2n) is 4.23. The number of hydrogen-bond donors (Lipinski definition) is 1. The molecule has 0 amide bonds. The van der Waals surface area contributed by atoms with Gasteiger partial charge < -0.3 is 10.1 Å². The maximum atomic E-state index is 6.01. The van der Waals surface area contributed by atoms with E-state index < -0.39 is 0 Å². The van der Waals surface area contributed by atoms with Crippen molar-refractivity contribution in [1.82, 2.24) is 5.32 Å². The number of nitrogens with one attached hydrogen (secondary N) is 1. The molecule has 1 saturated carbocycles. The zero-order chi connectivity index (χ0) is 11.4. The number of halogens is 1. The number of thiophene rings is 1. The zero-order valence-corrected chi connectivity index (χ0v) is 11.9. The number of hydrogen-bond acceptors (Lipinski definition) is 3. The largest absolute Gasteiger partial charge is 0.371 e. The lowest BCUT2D eigenvalue weighted by Gasteiger charge is -2.31. The fourth-order valence-corrected chi connectivity index (χ4v) is 3.65. The van der Waals surface area contributed by atoms with Crippen LogP contribution in [0.5, 0.6) is 0 Å². The monoisotopic (exact) mass is 303 g/mol. The number of likely N-dealkylation sites (N-methyl/N-ethyl adjacent to an activating group) is 1. The first-order valence-electron chi connectivity index (χ1n) is 5.82. The minimum Gasteiger partial charge on any atom is -0.371 e. The summed E-state index contributed by atoms with van der Waals surface area (Å²) < 4.78 is 7.19. The van der Waals surface area contributed by atoms with E-state index in [1.165, 1.54) is 34.3 Å². The Morgan fingerprint density at radius 3 is 2.94 bits per heavy atom. The fourth-order valence-electron chi connectivity index (χ4n) is 2.25. The van der Waals surface area contributed by atoms with Crippen LogP contribution in [0.3, 0.4) is 0 Å². The standard InChI is InChI=1S/C12H18BrNOS/c1-14-10-4-2-3-5-11(10)15-8-9-6-7-12(13)16-9/h6-7,10-11,14H,2-5,8H2,1H3. The van der Waals surface area contributed by atoms with Gasteiger partial charge in [-0.05, 0) is 48.0 Å². The van der Waals surface area contributed by atoms with E-state index in [9.17, 15) is 0 Å². The fraction of sp³-hybridized carbons (Fsp3) is 0.667. The second-order valence-corrected chi connectivity index (χ2v) is 6.78. The third kappa shape index (κ3) is 3.29. The lowest BCUT2D eigenvalue weighted by molar-refractivity contribution is -0.00241. The molecule has 0 bridgehead atoms. The molecule has 2 atom stereocenters. The van der Waals surface area contributed by atoms with Crippen LogP contribution < -0.4 is 5.32 Å². The minimum absolute atomic E-state index is 0.389. The van der Waals surface area contributed by atoms with Crippen molar-refractivity contribution >= 4 is 27.3 Å². The summed E-state index contributed by atoms with van der Waals surface area (Å²) in [7, 11) is 2.04. The summed E-state index contributed by atoms with van der Waals surface area (Å²) in [5, 5.41) is 3.36. The predicted octanol–water partition coefficient (Wildman–Crippen LogP) is 3.56. The summed E-state index contributed by atoms with van der Waals surface area (Å²) >= 11 is 5.23. The van der Waals surface area contributed by atoms with Crippen molar-refractivity contribution in [1.29, 1.82) is 0 Å². The number of rotatable bonds is 4. The smallest absolute Gasteiger partial charge is 0.0814 e. The van der Waals surface area contributed by atoms with Gasteiger partial charge in [-0.25, -0.2) is 0 Å². The quantitative estimate of drug-likeness (QED) is 0.918. The second kappa shape index (κ2) is 6.15. The van der Waals surface area contributed by atoms with Crippen molar-refractivity contribution < 1.29 is 4.74 Å². The van der Waals surface area contributed by atoms with Crippen molar-refractivity contribution in [3.63, 3.8) is 0 Å². The zero-order valence-electron chi connectivity index (χ0n) is 9.54. The molecule has 0 saturated heterocycles. The van der Waals surface area contributed by atoms with Crippen LogP contribution in [0, 0.1) is 0 Å². The molecule has 1 aliphatic carbocycles. The molecule has 16 heavy (non-hydrogen) atoms. The van der Waals surface area contributed by atoms with Gasteiger partial charge in [-0.3, -0.25) is 0 Å². The average molecular weight is 304 g/mol. The lowest BCUT2D eigenvalue weighted by atomic mass is 9.92. The predicted molar refractivity (Wildman–Crippen MR) is 71.9 cm³/mol. The molecule has 90 valence electrons. The van der Waals surface area contributed by atoms with E-state index in [4.69, 9.17) is 4.74 Å². The molecule has 1 fully saturated rings. The molecule has 1 aromatic rings. The van der Waals surface area contributed by atoms with Crippen molar-refractivity contribution in [2.24, 2.45) is 0 Å². The summed E-state index contributed by atoms with van der Waals surface area (Å²) in [6.07, 6.45) is 5.46. The molecule has 0 spiro atoms. The summed E-state index contributed by atoms with van der Waals surface area (Å²) in [6, 6.07) is 4.75. The molecule has 2 rings (SSSR count). The SMILES string of the molecule is CNC1CCCCC1OCc1ccc(Br)s1. The molecule has 0 radical (unpaired) electrons. The van der Waals surface area contributed by atoms with Crippen molar-refractivity contribution in [3.8, 4) is 0 Å². The van der Waals surface area contributed by atoms with Gasteiger partial charge in [-0.2, -0.15) is 0 Å². The van der Waals surface area contributed by atoms with Gasteiger partial charge in [0.05, 0.1) is 16.5 Å². The van der Waals surface area contributed by atoms with Crippen LogP contribution in [-0.2, 0) is 11.3 Å². The Balaban J connectivity index is 1.84. The Morgan fingerprint density at radius 1 is 1.44 bits per heavy atom. The van der Waals surface area contributed by atoms with Crippen LogP contribution in [0.15, 0.2) is 15.9 Å². The van der Waals surface area contributed by atoms with Crippen LogP contribution in [0.1, 0.15) is 30.6 Å². The van der Waals surface area contributed by atoms with Gasteiger partial charge in [0.2, 0.25) is 0 Å². The molecular weight excluding hydrogens is 286 g/mol. The Labute approximate surface area is 110 Å². The highest BCUT2D eigenvalue weighted by Gasteiger charge is 2.24. The number of ether oxygens (including phenoxy) is 1. The first-order valence-corrected chi connectivity index (χ1v) is 7.43. The van der Waals surface area contributed by atoms with Gasteiger partial charge in [0.25, 0.3) is 0 Å². The Morgan fingerprint density at radius 2 is 2.25 bits per heavy atom. The van der Waals surface area contributed by atoms with Gasteiger partial charge in [0.15, 0.2) is 0 Å². The van der Waals surface area contributed by atoms with Crippen LogP contribution >= 0.6 is 27.3 Å². The summed E-state index contributed by atoms with van der Waals surface area (Å²) in [5.41, 5.74) is 0. The first kappa shape index (κ1) is 12.6. The van der Waals surface area contributed by atoms with Crippen LogP contribution in [0.2, 0.25) is 0 Å². The first-order chi connectivity index (χ1) is 7.79. The molecule has 1 aromatic heterocycles. The topological polar surface area (TPSA) is 21.3 Å². The molecular formula is C12H18BrNOS. The molecule has 2 unspecified atom stereocenters. The van der Waals surface area contributed by atoms with Crippen LogP contribution in [0.25, 0.3) is 0 Å². The summed E-state index contributed by atoms with van der Waals surface area (Å²) in [6.45, 7) is 0.749. The molecule has 0 aromatic carbocycles. The maximum absolute atomic E-state index is 6.01. The third-order valence-corrected chi connectivity index (χ3v) is 4.74. The Bertz CT molecular complexity index is 329. The van der Waals surface area contributed by atoms with E-state index in [2.05, 4.69) is 33.4 Å². The molecule has 2 nitrogen and oxygen atoms in total. The van der Waals surface area contributed by atoms with Gasteiger partial charge >= 0.3 is 0 Å². The normalized spacial score (nSPS) is 25.9. The molecule has 0 aliphatic heterocycles. The van der Waals surface area contributed by atoms with E-state index in [0.29, 0.717) is 12.1 Å². The highest BCUT2D eigenvalue weighted by Crippen LogP contribution is 2.26. The van der Waals surface area contributed by atoms with Gasteiger partial charge in [0.1, 0.15) is 0 Å². The molecule has 4 heteroatoms. The maximum Gasteiger partial charge on any atom is 0.0814 e. The average Bonchev–Trinajstić information content (AvgIpc) is 2.73.